The molecule has 6 fully saturated rings. The van der Waals surface area contributed by atoms with Crippen molar-refractivity contribution in [3.8, 4) is 0 Å². The van der Waals surface area contributed by atoms with Crippen molar-refractivity contribution in [1.82, 2.24) is 56.4 Å². The Morgan fingerprint density at radius 1 is 0.457 bits per heavy atom. The molecule has 9 aliphatic rings. The molecule has 6 saturated heterocycles. The second-order valence-corrected chi connectivity index (χ2v) is 30.6. The Morgan fingerprint density at radius 2 is 0.776 bits per heavy atom. The average molecular weight is 1720 g/mol. The standard InChI is InChI=1S/C28H41N5O7.C23H33N5O5.C17H20N4O3.C11H21NO5.K.Y.H/c1-28(2,3)40-27(37)29-8-14-38-16-17-39-15-13-31-9-11-32(12-10-31)21-4-5-22-20(18-21)19-33(26(22)36)23-6-7-24(34)30-25(23)35;24-5-11-32-13-14-33-12-10-26-6-8-27(9-7-26)18-1-2-19-17(15-18)16-28(23(19)31)20-3-4-21(29)25-22(20)30;22-15-4-3-14(16(23)19-15)21-10-11-9-12(1-2-13(11)17(21)24)20-7-5-18-6-8-20;1-11(2,3)17-10(14)12-4-6-15-8-9-16-7-5-13;;;/h4-5,18,23H,6-17,19H2,1-3H3,(H,29,37)(H,30,34,35);1-2,15,20H,3-14,16,24H2,(H,25,29,30);1-2,9,14,18H,3-8,10H2,(H,19,22,23);5H,4,6-9H2,1-3H3,(H,12,14);;;/q;;;;+1;;-1/i;;;;;;1+1. The van der Waals surface area contributed by atoms with Gasteiger partial charge in [0.2, 0.25) is 35.4 Å². The summed E-state index contributed by atoms with van der Waals surface area (Å²) in [6.07, 6.45) is 1.71. The van der Waals surface area contributed by atoms with Crippen LogP contribution in [-0.4, -0.2) is 316 Å². The van der Waals surface area contributed by atoms with Gasteiger partial charge in [-0.2, -0.15) is 0 Å². The van der Waals surface area contributed by atoms with Crippen molar-refractivity contribution < 1.29 is 181 Å². The summed E-state index contributed by atoms with van der Waals surface area (Å²) in [6, 6.07) is 16.0. The van der Waals surface area contributed by atoms with E-state index < -0.39 is 47.4 Å². The molecule has 9 aliphatic heterocycles. The zero-order valence-corrected chi connectivity index (χ0v) is 74.2. The molecular weight excluding hydrogens is 1610 g/mol. The summed E-state index contributed by atoms with van der Waals surface area (Å²) in [5.74, 6) is -2.36. The van der Waals surface area contributed by atoms with Crippen LogP contribution in [0.5, 0.6) is 0 Å². The van der Waals surface area contributed by atoms with Crippen LogP contribution in [-0.2, 0) is 124 Å². The Balaban J connectivity index is 0.000000251. The molecular formula is C79H116KN15O20Y. The molecule has 0 spiro atoms. The van der Waals surface area contributed by atoms with E-state index in [0.717, 1.165) is 125 Å². The Kier molecular flexibility index (Phi) is 40.5. The van der Waals surface area contributed by atoms with Crippen LogP contribution in [0.2, 0.25) is 0 Å². The molecule has 9 heterocycles. The molecule has 3 aromatic rings. The number of aldehydes is 1. The van der Waals surface area contributed by atoms with E-state index in [1.807, 2.05) is 57.2 Å². The number of amides is 11. The van der Waals surface area contributed by atoms with Gasteiger partial charge in [-0.25, -0.2) is 9.59 Å². The molecule has 11 amide bonds. The van der Waals surface area contributed by atoms with Crippen LogP contribution < -0.4 is 104 Å². The van der Waals surface area contributed by atoms with Crippen LogP contribution in [0.15, 0.2) is 54.6 Å². The smallest absolute Gasteiger partial charge is 1.00 e. The van der Waals surface area contributed by atoms with Crippen molar-refractivity contribution in [3.05, 3.63) is 88.0 Å². The number of nitrogens with two attached hydrogens (primary N) is 1. The number of carbonyl (C=O) groups is 12. The van der Waals surface area contributed by atoms with Crippen LogP contribution in [0.4, 0.5) is 26.7 Å². The fourth-order valence-corrected chi connectivity index (χ4v) is 14.2. The first-order valence-corrected chi connectivity index (χ1v) is 39.5. The van der Waals surface area contributed by atoms with Gasteiger partial charge in [0.05, 0.1) is 72.7 Å². The summed E-state index contributed by atoms with van der Waals surface area (Å²) in [7, 11) is 0. The number of fused-ring (bicyclic) bond motifs is 3. The topological polar surface area (TPSA) is 403 Å². The van der Waals surface area contributed by atoms with Gasteiger partial charge in [0, 0.05) is 217 Å². The zero-order valence-electron chi connectivity index (χ0n) is 69.3. The summed E-state index contributed by atoms with van der Waals surface area (Å²) in [5.41, 5.74) is 12.4. The first-order valence-electron chi connectivity index (χ1n) is 39.5. The minimum Gasteiger partial charge on any atom is -1.00 e. The van der Waals surface area contributed by atoms with Crippen molar-refractivity contribution in [2.45, 2.75) is 129 Å². The second-order valence-electron chi connectivity index (χ2n) is 30.6. The van der Waals surface area contributed by atoms with E-state index in [4.69, 9.17) is 43.6 Å². The number of piperidine rings is 3. The number of benzene rings is 3. The maximum Gasteiger partial charge on any atom is 1.00 e. The van der Waals surface area contributed by atoms with Crippen LogP contribution in [0.3, 0.4) is 0 Å². The fraction of sp³-hybridized carbons (Fsp3) is 0.620. The molecule has 12 rings (SSSR count). The number of alkyl carbamates (subject to hydrolysis) is 2. The molecule has 0 bridgehead atoms. The molecule has 3 atom stereocenters. The molecule has 0 saturated carbocycles. The fourth-order valence-electron chi connectivity index (χ4n) is 14.2. The van der Waals surface area contributed by atoms with Crippen LogP contribution in [0, 0.1) is 0 Å². The molecule has 37 heteroatoms. The van der Waals surface area contributed by atoms with Crippen LogP contribution >= 0.6 is 0 Å². The van der Waals surface area contributed by atoms with E-state index in [1.54, 1.807) is 35.5 Å². The number of nitrogens with zero attached hydrogens (tertiary/aromatic N) is 8. The van der Waals surface area contributed by atoms with E-state index in [-0.39, 0.29) is 159 Å². The van der Waals surface area contributed by atoms with Crippen LogP contribution in [0.1, 0.15) is 129 Å². The predicted octanol–water partition coefficient (Wildman–Crippen LogP) is -1.60. The number of imide groups is 3. The third-order valence-corrected chi connectivity index (χ3v) is 20.0. The Bertz CT molecular complexity index is 3820. The van der Waals surface area contributed by atoms with Gasteiger partial charge in [0.1, 0.15) is 42.2 Å². The SMILES string of the molecule is CC(C)(C)OC(=O)NCCOCCOCC=O.CC(C)(C)OC(=O)NCCOCCOCCN1CCN(c2ccc3c(c2)CN(C2CCC(=O)NC2=O)C3=O)CC1.NCCOCCOCCN1CCN(c2ccc3c(c2)CN(C2CCC(=O)NC2=O)C3=O)CC1.O=C1CCC(N2Cc3cc(N4CCNCC4)ccc3C2=O)C(=O)N1.[2H-].[K+].[Y]. The molecule has 1 radical (unpaired) electrons. The van der Waals surface area contributed by atoms with Gasteiger partial charge < -0.3 is 95.2 Å². The van der Waals surface area contributed by atoms with Gasteiger partial charge in [-0.05, 0) is 132 Å². The molecule has 3 unspecified atom stereocenters. The number of carbonyl (C=O) groups excluding carboxylic acids is 12. The maximum absolute atomic E-state index is 12.9. The third-order valence-electron chi connectivity index (χ3n) is 20.0. The van der Waals surface area contributed by atoms with Crippen molar-refractivity contribution in [3.63, 3.8) is 0 Å². The van der Waals surface area contributed by atoms with Crippen molar-refractivity contribution in [1.29, 1.82) is 0 Å². The first kappa shape index (κ1) is 96.6. The third kappa shape index (κ3) is 30.3. The molecule has 0 aliphatic carbocycles. The molecule has 0 aromatic heterocycles. The number of hydrogen-bond donors (Lipinski definition) is 7. The van der Waals surface area contributed by atoms with E-state index in [9.17, 15) is 57.5 Å². The number of piperazine rings is 3. The monoisotopic (exact) mass is 1720 g/mol. The maximum atomic E-state index is 12.9. The minimum absolute atomic E-state index is 0. The summed E-state index contributed by atoms with van der Waals surface area (Å²) in [4.78, 5) is 158. The van der Waals surface area contributed by atoms with Gasteiger partial charge in [0.15, 0.2) is 0 Å². The van der Waals surface area contributed by atoms with Crippen molar-refractivity contribution in [2.24, 2.45) is 5.73 Å². The number of nitrogens with one attached hydrogen (secondary N) is 6. The molecule has 3 aromatic carbocycles. The molecule has 35 nitrogen and oxygen atoms in total. The first-order chi connectivity index (χ1) is 54.8. The zero-order chi connectivity index (χ0) is 81.7. The van der Waals surface area contributed by atoms with E-state index in [2.05, 4.69) is 74.6 Å². The second kappa shape index (κ2) is 48.6. The number of rotatable bonds is 31. The molecule has 8 N–H and O–H groups in total. The quantitative estimate of drug-likeness (QED) is 0.0165. The summed E-state index contributed by atoms with van der Waals surface area (Å²) in [6.45, 7) is 31.8. The molecule has 631 valence electrons. The number of hydrogen-bond acceptors (Lipinski definition) is 27. The largest absolute Gasteiger partial charge is 1.00 e. The summed E-state index contributed by atoms with van der Waals surface area (Å²) >= 11 is 0. The van der Waals surface area contributed by atoms with Gasteiger partial charge in [0.25, 0.3) is 17.7 Å². The summed E-state index contributed by atoms with van der Waals surface area (Å²) < 4.78 is 42.3. The Morgan fingerprint density at radius 3 is 1.09 bits per heavy atom. The van der Waals surface area contributed by atoms with E-state index in [1.165, 1.54) is 0 Å². The van der Waals surface area contributed by atoms with Gasteiger partial charge in [-0.1, -0.05) is 0 Å². The van der Waals surface area contributed by atoms with Gasteiger partial charge >= 0.3 is 63.6 Å². The molecule has 116 heavy (non-hydrogen) atoms. The summed E-state index contributed by atoms with van der Waals surface area (Å²) in [5, 5.41) is 15.6. The van der Waals surface area contributed by atoms with E-state index in [0.29, 0.717) is 154 Å². The van der Waals surface area contributed by atoms with Gasteiger partial charge in [-0.15, -0.1) is 0 Å². The Labute approximate surface area is 747 Å². The average Bonchev–Trinajstić information content (AvgIpc) is 1.64. The minimum atomic E-state index is -0.598. The van der Waals surface area contributed by atoms with Crippen molar-refractivity contribution >= 4 is 88.7 Å². The number of anilines is 3. The van der Waals surface area contributed by atoms with Gasteiger partial charge in [-0.3, -0.25) is 68.9 Å². The predicted molar refractivity (Wildman–Crippen MR) is 419 cm³/mol. The van der Waals surface area contributed by atoms with E-state index >= 15 is 0 Å². The van der Waals surface area contributed by atoms with Crippen molar-refractivity contribution in [2.75, 3.05) is 205 Å². The normalized spacial score (nSPS) is 19.6. The Hall–Kier alpha value is -6.56. The number of ether oxygens (including phenoxy) is 8. The van der Waals surface area contributed by atoms with Crippen LogP contribution in [0.25, 0.3) is 0 Å².